The summed E-state index contributed by atoms with van der Waals surface area (Å²) in [5.41, 5.74) is 0.440. The first-order chi connectivity index (χ1) is 13.4. The Morgan fingerprint density at radius 2 is 1.82 bits per heavy atom. The SMILES string of the molecule is CC(C)C(=O)N1CCC(CNC(=O)Cc2nn(C)c(=O)c3ccccc23)CC1. The lowest BCUT2D eigenvalue weighted by molar-refractivity contribution is -0.136. The Morgan fingerprint density at radius 3 is 2.46 bits per heavy atom. The molecule has 3 rings (SSSR count). The van der Waals surface area contributed by atoms with Crippen molar-refractivity contribution in [1.82, 2.24) is 20.0 Å². The highest BCUT2D eigenvalue weighted by atomic mass is 16.2. The topological polar surface area (TPSA) is 84.3 Å². The lowest BCUT2D eigenvalue weighted by Crippen LogP contribution is -2.43. The van der Waals surface area contributed by atoms with Gasteiger partial charge in [-0.25, -0.2) is 4.68 Å². The molecule has 1 aliphatic rings. The number of carbonyl (C=O) groups is 2. The maximum Gasteiger partial charge on any atom is 0.274 e. The van der Waals surface area contributed by atoms with Gasteiger partial charge >= 0.3 is 0 Å². The molecule has 1 aliphatic heterocycles. The molecule has 0 atom stereocenters. The number of amides is 2. The Bertz CT molecular complexity index is 927. The number of likely N-dealkylation sites (tertiary alicyclic amines) is 1. The van der Waals surface area contributed by atoms with Crippen LogP contribution in [-0.4, -0.2) is 46.1 Å². The van der Waals surface area contributed by atoms with Gasteiger partial charge in [0.15, 0.2) is 0 Å². The fraction of sp³-hybridized carbons (Fsp3) is 0.524. The minimum absolute atomic E-state index is 0.0282. The molecule has 0 saturated carbocycles. The van der Waals surface area contributed by atoms with Crippen LogP contribution in [0, 0.1) is 11.8 Å². The standard InChI is InChI=1S/C21H28N4O3/c1-14(2)20(27)25-10-8-15(9-11-25)13-22-19(26)12-18-16-6-4-5-7-17(16)21(28)24(3)23-18/h4-7,14-15H,8-13H2,1-3H3,(H,22,26). The average molecular weight is 384 g/mol. The number of aromatic nitrogens is 2. The van der Waals surface area contributed by atoms with E-state index in [1.165, 1.54) is 4.68 Å². The van der Waals surface area contributed by atoms with Crippen molar-refractivity contribution in [3.05, 3.63) is 40.3 Å². The fourth-order valence-electron chi connectivity index (χ4n) is 3.70. The molecule has 2 aromatic rings. The van der Waals surface area contributed by atoms with Crippen molar-refractivity contribution in [2.45, 2.75) is 33.1 Å². The molecule has 7 nitrogen and oxygen atoms in total. The monoisotopic (exact) mass is 384 g/mol. The molecule has 7 heteroatoms. The van der Waals surface area contributed by atoms with Crippen LogP contribution in [0.4, 0.5) is 0 Å². The Balaban J connectivity index is 1.56. The minimum atomic E-state index is -0.164. The van der Waals surface area contributed by atoms with Crippen molar-refractivity contribution >= 4 is 22.6 Å². The summed E-state index contributed by atoms with van der Waals surface area (Å²) in [5.74, 6) is 0.512. The van der Waals surface area contributed by atoms with E-state index in [2.05, 4.69) is 10.4 Å². The van der Waals surface area contributed by atoms with Crippen molar-refractivity contribution in [3.63, 3.8) is 0 Å². The second kappa shape index (κ2) is 8.54. The van der Waals surface area contributed by atoms with Gasteiger partial charge < -0.3 is 10.2 Å². The van der Waals surface area contributed by atoms with Crippen LogP contribution in [0.15, 0.2) is 29.1 Å². The second-order valence-corrected chi connectivity index (χ2v) is 7.83. The third-order valence-electron chi connectivity index (χ3n) is 5.37. The van der Waals surface area contributed by atoms with Gasteiger partial charge in [-0.2, -0.15) is 5.10 Å². The van der Waals surface area contributed by atoms with E-state index in [0.717, 1.165) is 31.3 Å². The maximum atomic E-state index is 12.5. The van der Waals surface area contributed by atoms with E-state index in [1.54, 1.807) is 13.1 Å². The lowest BCUT2D eigenvalue weighted by Gasteiger charge is -2.33. The summed E-state index contributed by atoms with van der Waals surface area (Å²) in [6, 6.07) is 7.24. The number of benzene rings is 1. The van der Waals surface area contributed by atoms with Crippen molar-refractivity contribution in [1.29, 1.82) is 0 Å². The van der Waals surface area contributed by atoms with Crippen LogP contribution in [0.1, 0.15) is 32.4 Å². The van der Waals surface area contributed by atoms with Gasteiger partial charge in [-0.05, 0) is 24.8 Å². The van der Waals surface area contributed by atoms with Crippen LogP contribution in [0.2, 0.25) is 0 Å². The van der Waals surface area contributed by atoms with Gasteiger partial charge in [-0.15, -0.1) is 0 Å². The van der Waals surface area contributed by atoms with Gasteiger partial charge in [0.2, 0.25) is 11.8 Å². The molecule has 28 heavy (non-hydrogen) atoms. The summed E-state index contributed by atoms with van der Waals surface area (Å²) in [7, 11) is 1.60. The zero-order chi connectivity index (χ0) is 20.3. The van der Waals surface area contributed by atoms with E-state index in [-0.39, 0.29) is 29.7 Å². The molecule has 0 radical (unpaired) electrons. The number of carbonyl (C=O) groups excluding carboxylic acids is 2. The number of hydrogen-bond donors (Lipinski definition) is 1. The Morgan fingerprint density at radius 1 is 1.18 bits per heavy atom. The van der Waals surface area contributed by atoms with Gasteiger partial charge in [-0.1, -0.05) is 32.0 Å². The van der Waals surface area contributed by atoms with Gasteiger partial charge in [0, 0.05) is 38.0 Å². The van der Waals surface area contributed by atoms with Crippen molar-refractivity contribution in [3.8, 4) is 0 Å². The van der Waals surface area contributed by atoms with E-state index in [9.17, 15) is 14.4 Å². The maximum absolute atomic E-state index is 12.5. The molecule has 1 aromatic carbocycles. The number of piperidine rings is 1. The zero-order valence-electron chi connectivity index (χ0n) is 16.8. The quantitative estimate of drug-likeness (QED) is 0.846. The van der Waals surface area contributed by atoms with Crippen molar-refractivity contribution in [2.24, 2.45) is 18.9 Å². The summed E-state index contributed by atoms with van der Waals surface area (Å²) < 4.78 is 1.28. The van der Waals surface area contributed by atoms with Crippen LogP contribution in [0.25, 0.3) is 10.8 Å². The molecule has 1 fully saturated rings. The van der Waals surface area contributed by atoms with Crippen LogP contribution in [-0.2, 0) is 23.1 Å². The summed E-state index contributed by atoms with van der Waals surface area (Å²) in [6.45, 7) is 5.96. The Kier molecular flexibility index (Phi) is 6.11. The molecule has 1 N–H and O–H groups in total. The summed E-state index contributed by atoms with van der Waals surface area (Å²) in [4.78, 5) is 38.6. The number of aryl methyl sites for hydroxylation is 1. The molecule has 1 aromatic heterocycles. The lowest BCUT2D eigenvalue weighted by atomic mass is 9.96. The fourth-order valence-corrected chi connectivity index (χ4v) is 3.70. The van der Waals surface area contributed by atoms with E-state index in [1.807, 2.05) is 36.9 Å². The molecule has 0 unspecified atom stereocenters. The summed E-state index contributed by atoms with van der Waals surface area (Å²) >= 11 is 0. The third kappa shape index (κ3) is 4.40. The third-order valence-corrected chi connectivity index (χ3v) is 5.37. The number of nitrogens with one attached hydrogen (secondary N) is 1. The smallest absolute Gasteiger partial charge is 0.274 e. The van der Waals surface area contributed by atoms with Crippen molar-refractivity contribution < 1.29 is 9.59 Å². The Hall–Kier alpha value is -2.70. The molecule has 1 saturated heterocycles. The minimum Gasteiger partial charge on any atom is -0.355 e. The van der Waals surface area contributed by atoms with E-state index in [0.29, 0.717) is 23.5 Å². The molecule has 2 heterocycles. The number of fused-ring (bicyclic) bond motifs is 1. The van der Waals surface area contributed by atoms with Crippen LogP contribution >= 0.6 is 0 Å². The molecule has 150 valence electrons. The predicted molar refractivity (Wildman–Crippen MR) is 108 cm³/mol. The van der Waals surface area contributed by atoms with Crippen LogP contribution in [0.3, 0.4) is 0 Å². The first-order valence-electron chi connectivity index (χ1n) is 9.87. The molecular weight excluding hydrogens is 356 g/mol. The van der Waals surface area contributed by atoms with Crippen LogP contribution < -0.4 is 10.9 Å². The van der Waals surface area contributed by atoms with Gasteiger partial charge in [0.05, 0.1) is 17.5 Å². The normalized spacial score (nSPS) is 15.2. The highest BCUT2D eigenvalue weighted by molar-refractivity contribution is 5.88. The molecule has 2 amide bonds. The first kappa shape index (κ1) is 20.0. The largest absolute Gasteiger partial charge is 0.355 e. The zero-order valence-corrected chi connectivity index (χ0v) is 16.8. The Labute approximate surface area is 164 Å². The number of nitrogens with zero attached hydrogens (tertiary/aromatic N) is 3. The molecular formula is C21H28N4O3. The van der Waals surface area contributed by atoms with Gasteiger partial charge in [0.1, 0.15) is 0 Å². The number of hydrogen-bond acceptors (Lipinski definition) is 4. The second-order valence-electron chi connectivity index (χ2n) is 7.83. The average Bonchev–Trinajstić information content (AvgIpc) is 2.70. The summed E-state index contributed by atoms with van der Waals surface area (Å²) in [5, 5.41) is 8.57. The molecule has 0 spiro atoms. The summed E-state index contributed by atoms with van der Waals surface area (Å²) in [6.07, 6.45) is 1.94. The van der Waals surface area contributed by atoms with E-state index in [4.69, 9.17) is 0 Å². The van der Waals surface area contributed by atoms with Crippen molar-refractivity contribution in [2.75, 3.05) is 19.6 Å². The first-order valence-corrected chi connectivity index (χ1v) is 9.87. The highest BCUT2D eigenvalue weighted by Gasteiger charge is 2.24. The van der Waals surface area contributed by atoms with Gasteiger partial charge in [0.25, 0.3) is 5.56 Å². The van der Waals surface area contributed by atoms with Gasteiger partial charge in [-0.3, -0.25) is 14.4 Å². The molecule has 0 bridgehead atoms. The molecule has 0 aliphatic carbocycles. The van der Waals surface area contributed by atoms with Crippen LogP contribution in [0.5, 0.6) is 0 Å². The number of rotatable bonds is 5. The van der Waals surface area contributed by atoms with E-state index < -0.39 is 0 Å². The predicted octanol–water partition coefficient (Wildman–Crippen LogP) is 1.49. The van der Waals surface area contributed by atoms with E-state index >= 15 is 0 Å². The highest BCUT2D eigenvalue weighted by Crippen LogP contribution is 2.18.